The first-order valence-corrected chi connectivity index (χ1v) is 12.1. The van der Waals surface area contributed by atoms with Gasteiger partial charge in [0.2, 0.25) is 5.91 Å². The first-order valence-electron chi connectivity index (χ1n) is 11.3. The van der Waals surface area contributed by atoms with E-state index in [1.165, 1.54) is 11.8 Å². The lowest BCUT2D eigenvalue weighted by molar-refractivity contribution is -0.114. The van der Waals surface area contributed by atoms with Crippen molar-refractivity contribution >= 4 is 40.1 Å². The zero-order chi connectivity index (χ0) is 25.6. The Bertz CT molecular complexity index is 1180. The zero-order valence-electron chi connectivity index (χ0n) is 20.3. The van der Waals surface area contributed by atoms with Crippen LogP contribution in [0.5, 0.6) is 0 Å². The Balaban J connectivity index is 1.74. The molecule has 0 aliphatic carbocycles. The maximum atomic E-state index is 12.9. The summed E-state index contributed by atoms with van der Waals surface area (Å²) >= 11 is 1.15. The largest absolute Gasteiger partial charge is 0.465 e. The van der Waals surface area contributed by atoms with Gasteiger partial charge in [0.25, 0.3) is 5.91 Å². The fourth-order valence-corrected chi connectivity index (χ4v) is 4.59. The van der Waals surface area contributed by atoms with Gasteiger partial charge < -0.3 is 15.7 Å². The molecule has 0 saturated heterocycles. The summed E-state index contributed by atoms with van der Waals surface area (Å²) in [5.74, 6) is -0.491. The molecule has 0 saturated carbocycles. The number of benzene rings is 2. The average Bonchev–Trinajstić information content (AvgIpc) is 3.18. The van der Waals surface area contributed by atoms with E-state index in [-0.39, 0.29) is 11.8 Å². The Kier molecular flexibility index (Phi) is 8.24. The van der Waals surface area contributed by atoms with Gasteiger partial charge in [-0.05, 0) is 56.9 Å². The molecule has 35 heavy (non-hydrogen) atoms. The number of nitrogens with zero attached hydrogens (tertiary/aromatic N) is 2. The number of rotatable bonds is 8. The van der Waals surface area contributed by atoms with Gasteiger partial charge in [-0.15, -0.1) is 0 Å². The van der Waals surface area contributed by atoms with Crippen molar-refractivity contribution < 1.29 is 19.5 Å². The molecule has 184 valence electrons. The first-order chi connectivity index (χ1) is 16.5. The Morgan fingerprint density at radius 3 is 2.20 bits per heavy atom. The van der Waals surface area contributed by atoms with Gasteiger partial charge in [0.05, 0.1) is 5.69 Å². The third-order valence-corrected chi connectivity index (χ3v) is 6.20. The predicted octanol–water partition coefficient (Wildman–Crippen LogP) is 5.10. The molecule has 3 amide bonds. The molecular formula is C26H30N4O4S. The van der Waals surface area contributed by atoms with E-state index in [9.17, 15) is 19.5 Å². The molecular weight excluding hydrogens is 464 g/mol. The zero-order valence-corrected chi connectivity index (χ0v) is 21.1. The number of hydrogen-bond acceptors (Lipinski definition) is 5. The fourth-order valence-electron chi connectivity index (χ4n) is 3.62. The summed E-state index contributed by atoms with van der Waals surface area (Å²) in [6.07, 6.45) is 0.0839. The number of thiazole rings is 1. The molecule has 8 nitrogen and oxygen atoms in total. The Hall–Kier alpha value is -3.72. The van der Waals surface area contributed by atoms with E-state index in [4.69, 9.17) is 0 Å². The summed E-state index contributed by atoms with van der Waals surface area (Å²) in [6, 6.07) is 16.9. The summed E-state index contributed by atoms with van der Waals surface area (Å²) in [5, 5.41) is 15.6. The normalized spacial score (nSPS) is 11.1. The van der Waals surface area contributed by atoms with E-state index >= 15 is 0 Å². The number of anilines is 2. The van der Waals surface area contributed by atoms with Crippen molar-refractivity contribution in [3.8, 4) is 0 Å². The molecule has 1 aromatic heterocycles. The molecule has 0 atom stereocenters. The number of carbonyl (C=O) groups is 3. The van der Waals surface area contributed by atoms with Crippen LogP contribution in [0.2, 0.25) is 0 Å². The van der Waals surface area contributed by atoms with Crippen molar-refractivity contribution in [1.29, 1.82) is 0 Å². The van der Waals surface area contributed by atoms with Gasteiger partial charge in [-0.25, -0.2) is 9.78 Å². The Labute approximate surface area is 209 Å². The van der Waals surface area contributed by atoms with E-state index in [2.05, 4.69) is 15.6 Å². The van der Waals surface area contributed by atoms with Crippen molar-refractivity contribution in [2.75, 3.05) is 10.2 Å². The van der Waals surface area contributed by atoms with Gasteiger partial charge >= 0.3 is 6.09 Å². The smallest absolute Gasteiger partial charge is 0.412 e. The Morgan fingerprint density at radius 1 is 0.971 bits per heavy atom. The second-order valence-electron chi connectivity index (χ2n) is 9.10. The maximum absolute atomic E-state index is 12.9. The molecule has 2 aromatic carbocycles. The van der Waals surface area contributed by atoms with Crippen LogP contribution < -0.4 is 15.5 Å². The molecule has 0 aliphatic heterocycles. The number of aryl methyl sites for hydroxylation is 2. The van der Waals surface area contributed by atoms with Crippen molar-refractivity contribution in [2.45, 2.75) is 52.6 Å². The number of nitrogens with one attached hydrogen (secondary N) is 2. The van der Waals surface area contributed by atoms with Gasteiger partial charge in [-0.1, -0.05) is 53.8 Å². The lowest BCUT2D eigenvalue weighted by Crippen LogP contribution is -2.45. The van der Waals surface area contributed by atoms with Crippen LogP contribution in [-0.2, 0) is 24.2 Å². The molecule has 9 heteroatoms. The van der Waals surface area contributed by atoms with Gasteiger partial charge in [0, 0.05) is 24.7 Å². The average molecular weight is 495 g/mol. The topological polar surface area (TPSA) is 112 Å². The first kappa shape index (κ1) is 25.9. The maximum Gasteiger partial charge on any atom is 0.412 e. The van der Waals surface area contributed by atoms with Crippen LogP contribution in [0.3, 0.4) is 0 Å². The number of carboxylic acid groups (broad SMARTS) is 1. The number of carbonyl (C=O) groups excluding carboxylic acids is 2. The van der Waals surface area contributed by atoms with Crippen molar-refractivity contribution in [2.24, 2.45) is 0 Å². The molecule has 0 spiro atoms. The second kappa shape index (κ2) is 11.1. The molecule has 3 aromatic rings. The highest BCUT2D eigenvalue weighted by Crippen LogP contribution is 2.27. The second-order valence-corrected chi connectivity index (χ2v) is 10.1. The molecule has 1 heterocycles. The molecule has 0 fully saturated rings. The van der Waals surface area contributed by atoms with E-state index in [1.54, 1.807) is 12.1 Å². The summed E-state index contributed by atoms with van der Waals surface area (Å²) in [4.78, 5) is 42.4. The minimum Gasteiger partial charge on any atom is -0.465 e. The molecule has 0 aliphatic rings. The van der Waals surface area contributed by atoms with Gasteiger partial charge in [0.15, 0.2) is 5.13 Å². The summed E-state index contributed by atoms with van der Waals surface area (Å²) in [6.45, 7) is 7.31. The molecule has 0 bridgehead atoms. The fraction of sp³-hybridized carbons (Fsp3) is 0.308. The molecule has 0 radical (unpaired) electrons. The summed E-state index contributed by atoms with van der Waals surface area (Å²) in [5.41, 5.74) is 2.60. The highest BCUT2D eigenvalue weighted by atomic mass is 32.1. The van der Waals surface area contributed by atoms with Gasteiger partial charge in [0.1, 0.15) is 4.88 Å². The number of hydrogen-bond donors (Lipinski definition) is 3. The summed E-state index contributed by atoms with van der Waals surface area (Å²) < 4.78 is 0. The third-order valence-electron chi connectivity index (χ3n) is 5.19. The lowest BCUT2D eigenvalue weighted by Gasteiger charge is -2.33. The Morgan fingerprint density at radius 2 is 1.63 bits per heavy atom. The van der Waals surface area contributed by atoms with Crippen molar-refractivity contribution in [3.05, 3.63) is 76.3 Å². The van der Waals surface area contributed by atoms with E-state index < -0.39 is 11.6 Å². The van der Waals surface area contributed by atoms with E-state index in [0.717, 1.165) is 22.5 Å². The number of amides is 3. The van der Waals surface area contributed by atoms with Gasteiger partial charge in [-0.3, -0.25) is 14.5 Å². The quantitative estimate of drug-likeness (QED) is 0.403. The van der Waals surface area contributed by atoms with Crippen LogP contribution in [0.25, 0.3) is 0 Å². The SMILES string of the molecule is CC(=O)Nc1nc(CCc2ccc(N(C(=O)O)C(C)(C)C)cc2)c(C(=O)NCc2ccccc2)s1. The minimum atomic E-state index is -1.01. The summed E-state index contributed by atoms with van der Waals surface area (Å²) in [7, 11) is 0. The highest BCUT2D eigenvalue weighted by Gasteiger charge is 2.27. The monoisotopic (exact) mass is 494 g/mol. The molecule has 0 unspecified atom stereocenters. The number of aromatic nitrogens is 1. The highest BCUT2D eigenvalue weighted by molar-refractivity contribution is 7.17. The van der Waals surface area contributed by atoms with Crippen LogP contribution in [0.1, 0.15) is 54.2 Å². The third kappa shape index (κ3) is 7.13. The molecule has 3 N–H and O–H groups in total. The van der Waals surface area contributed by atoms with Crippen LogP contribution in [0, 0.1) is 0 Å². The van der Waals surface area contributed by atoms with Crippen LogP contribution in [-0.4, -0.2) is 33.5 Å². The minimum absolute atomic E-state index is 0.240. The van der Waals surface area contributed by atoms with Crippen LogP contribution in [0.4, 0.5) is 15.6 Å². The molecule has 3 rings (SSSR count). The van der Waals surface area contributed by atoms with Crippen LogP contribution in [0.15, 0.2) is 54.6 Å². The van der Waals surface area contributed by atoms with E-state index in [0.29, 0.717) is 40.8 Å². The lowest BCUT2D eigenvalue weighted by atomic mass is 10.0. The van der Waals surface area contributed by atoms with Crippen molar-refractivity contribution in [1.82, 2.24) is 10.3 Å². The standard InChI is InChI=1S/C26H30N4O4S/c1-17(31)28-24-29-21(22(35-24)23(32)27-16-19-8-6-5-7-9-19)15-12-18-10-13-20(14-11-18)30(25(33)34)26(2,3)4/h5-11,13-14H,12,15-16H2,1-4H3,(H,27,32)(H,33,34)(H,28,29,31). The van der Waals surface area contributed by atoms with Crippen LogP contribution >= 0.6 is 11.3 Å². The van der Waals surface area contributed by atoms with E-state index in [1.807, 2.05) is 63.2 Å². The predicted molar refractivity (Wildman–Crippen MR) is 138 cm³/mol. The van der Waals surface area contributed by atoms with Gasteiger partial charge in [-0.2, -0.15) is 0 Å². The van der Waals surface area contributed by atoms with Crippen molar-refractivity contribution in [3.63, 3.8) is 0 Å².